The summed E-state index contributed by atoms with van der Waals surface area (Å²) in [5.74, 6) is -0.281. The lowest BCUT2D eigenvalue weighted by Crippen LogP contribution is -2.20. The van der Waals surface area contributed by atoms with Crippen molar-refractivity contribution in [2.75, 3.05) is 9.93 Å². The molecule has 1 aliphatic heterocycles. The van der Waals surface area contributed by atoms with Gasteiger partial charge in [0.1, 0.15) is 4.61 Å². The van der Waals surface area contributed by atoms with Crippen molar-refractivity contribution < 1.29 is 14.3 Å². The highest BCUT2D eigenvalue weighted by molar-refractivity contribution is 14.1. The number of rotatable bonds is 2. The van der Waals surface area contributed by atoms with Gasteiger partial charge in [0.15, 0.2) is 0 Å². The Labute approximate surface area is 113 Å². The van der Waals surface area contributed by atoms with Crippen LogP contribution in [0.3, 0.4) is 0 Å². The third kappa shape index (κ3) is 2.59. The first-order valence-corrected chi connectivity index (χ1v) is 6.81. The van der Waals surface area contributed by atoms with Gasteiger partial charge in [-0.05, 0) is 59.2 Å². The zero-order valence-corrected chi connectivity index (χ0v) is 11.5. The molecule has 0 saturated carbocycles. The van der Waals surface area contributed by atoms with Gasteiger partial charge in [-0.25, -0.2) is 4.79 Å². The summed E-state index contributed by atoms with van der Waals surface area (Å²) < 4.78 is 5.32. The van der Waals surface area contributed by atoms with E-state index in [9.17, 15) is 9.59 Å². The topological polar surface area (TPSA) is 55.4 Å². The lowest BCUT2D eigenvalue weighted by molar-refractivity contribution is -0.116. The Morgan fingerprint density at radius 2 is 2.24 bits per heavy atom. The number of hydrogen-bond acceptors (Lipinski definition) is 3. The molecule has 0 aliphatic carbocycles. The van der Waals surface area contributed by atoms with Crippen LogP contribution in [0.25, 0.3) is 0 Å². The minimum absolute atomic E-state index is 0.0273. The standard InChI is InChI=1S/C12H12INO3/c1-7-4-10-8(2-3-11(15)14-10)5-9(7)12(16)17-6-13/h4-5H,2-3,6H2,1H3,(H,14,15). The highest BCUT2D eigenvalue weighted by Gasteiger charge is 2.19. The number of hydrogen-bond donors (Lipinski definition) is 1. The van der Waals surface area contributed by atoms with Crippen molar-refractivity contribution in [1.29, 1.82) is 0 Å². The molecule has 5 heteroatoms. The number of halogens is 1. The van der Waals surface area contributed by atoms with E-state index in [1.807, 2.05) is 41.6 Å². The molecule has 0 radical (unpaired) electrons. The first-order chi connectivity index (χ1) is 8.11. The molecule has 4 nitrogen and oxygen atoms in total. The van der Waals surface area contributed by atoms with Gasteiger partial charge < -0.3 is 10.1 Å². The van der Waals surface area contributed by atoms with E-state index in [1.165, 1.54) is 0 Å². The van der Waals surface area contributed by atoms with Crippen LogP contribution >= 0.6 is 22.6 Å². The minimum atomic E-state index is -0.309. The summed E-state index contributed by atoms with van der Waals surface area (Å²) in [5, 5.41) is 2.81. The average Bonchev–Trinajstić information content (AvgIpc) is 2.28. The van der Waals surface area contributed by atoms with Crippen LogP contribution < -0.4 is 5.32 Å². The van der Waals surface area contributed by atoms with E-state index in [0.717, 1.165) is 16.8 Å². The molecule has 2 rings (SSSR count). The molecule has 1 aromatic carbocycles. The number of anilines is 1. The Hall–Kier alpha value is -1.11. The van der Waals surface area contributed by atoms with Crippen molar-refractivity contribution in [2.45, 2.75) is 19.8 Å². The molecule has 1 heterocycles. The molecule has 1 aromatic rings. The van der Waals surface area contributed by atoms with E-state index >= 15 is 0 Å². The lowest BCUT2D eigenvalue weighted by atomic mass is 9.97. The van der Waals surface area contributed by atoms with Crippen molar-refractivity contribution in [3.05, 3.63) is 28.8 Å². The molecule has 17 heavy (non-hydrogen) atoms. The van der Waals surface area contributed by atoms with Crippen LogP contribution in [0.1, 0.15) is 27.9 Å². The third-order valence-electron chi connectivity index (χ3n) is 2.75. The third-order valence-corrected chi connectivity index (χ3v) is 3.06. The average molecular weight is 345 g/mol. The number of carbonyl (C=O) groups is 2. The first kappa shape index (κ1) is 12.3. The van der Waals surface area contributed by atoms with Gasteiger partial charge in [-0.2, -0.15) is 0 Å². The minimum Gasteiger partial charge on any atom is -0.451 e. The molecule has 0 bridgehead atoms. The fourth-order valence-corrected chi connectivity index (χ4v) is 2.17. The van der Waals surface area contributed by atoms with Crippen LogP contribution in [0.5, 0.6) is 0 Å². The molecule has 1 amide bonds. The van der Waals surface area contributed by atoms with Crippen LogP contribution in [0.15, 0.2) is 12.1 Å². The molecule has 0 fully saturated rings. The molecule has 0 aromatic heterocycles. The number of ether oxygens (including phenoxy) is 1. The van der Waals surface area contributed by atoms with E-state index in [1.54, 1.807) is 0 Å². The summed E-state index contributed by atoms with van der Waals surface area (Å²) in [6.45, 7) is 1.84. The lowest BCUT2D eigenvalue weighted by Gasteiger charge is -2.18. The van der Waals surface area contributed by atoms with E-state index in [0.29, 0.717) is 23.0 Å². The number of amides is 1. The van der Waals surface area contributed by atoms with Gasteiger partial charge in [0.2, 0.25) is 5.91 Å². The monoisotopic (exact) mass is 345 g/mol. The molecule has 0 unspecified atom stereocenters. The summed E-state index contributed by atoms with van der Waals surface area (Å²) in [6, 6.07) is 3.65. The Kier molecular flexibility index (Phi) is 3.66. The van der Waals surface area contributed by atoms with Crippen molar-refractivity contribution >= 4 is 40.2 Å². The van der Waals surface area contributed by atoms with E-state index in [2.05, 4.69) is 5.32 Å². The van der Waals surface area contributed by atoms with Gasteiger partial charge in [-0.15, -0.1) is 0 Å². The largest absolute Gasteiger partial charge is 0.451 e. The molecule has 0 spiro atoms. The summed E-state index contributed by atoms with van der Waals surface area (Å²) in [7, 11) is 0. The highest BCUT2D eigenvalue weighted by atomic mass is 127. The summed E-state index contributed by atoms with van der Waals surface area (Å²) in [5.41, 5.74) is 3.21. The van der Waals surface area contributed by atoms with E-state index in [-0.39, 0.29) is 11.9 Å². The number of benzene rings is 1. The van der Waals surface area contributed by atoms with Crippen molar-refractivity contribution in [1.82, 2.24) is 0 Å². The van der Waals surface area contributed by atoms with E-state index < -0.39 is 0 Å². The van der Waals surface area contributed by atoms with Gasteiger partial charge in [0, 0.05) is 12.1 Å². The Morgan fingerprint density at radius 1 is 1.47 bits per heavy atom. The molecule has 90 valence electrons. The number of nitrogens with one attached hydrogen (secondary N) is 1. The van der Waals surface area contributed by atoms with Gasteiger partial charge >= 0.3 is 5.97 Å². The van der Waals surface area contributed by atoms with Crippen LogP contribution in [0.2, 0.25) is 0 Å². The maximum atomic E-state index is 11.7. The second-order valence-corrected chi connectivity index (χ2v) is 4.54. The number of esters is 1. The quantitative estimate of drug-likeness (QED) is 0.509. The first-order valence-electron chi connectivity index (χ1n) is 5.28. The van der Waals surface area contributed by atoms with Gasteiger partial charge in [-0.3, -0.25) is 4.79 Å². The second kappa shape index (κ2) is 5.03. The van der Waals surface area contributed by atoms with Crippen molar-refractivity contribution in [2.24, 2.45) is 0 Å². The van der Waals surface area contributed by atoms with Crippen LogP contribution in [-0.2, 0) is 16.0 Å². The van der Waals surface area contributed by atoms with Gasteiger partial charge in [0.05, 0.1) is 5.56 Å². The van der Waals surface area contributed by atoms with Gasteiger partial charge in [-0.1, -0.05) is 0 Å². The maximum absolute atomic E-state index is 11.7. The highest BCUT2D eigenvalue weighted by Crippen LogP contribution is 2.26. The predicted octanol–water partition coefficient (Wildman–Crippen LogP) is 2.43. The Bertz CT molecular complexity index is 485. The fourth-order valence-electron chi connectivity index (χ4n) is 1.88. The van der Waals surface area contributed by atoms with Crippen LogP contribution in [-0.4, -0.2) is 16.5 Å². The number of carbonyl (C=O) groups excluding carboxylic acids is 2. The van der Waals surface area contributed by atoms with Crippen molar-refractivity contribution in [3.8, 4) is 0 Å². The smallest absolute Gasteiger partial charge is 0.339 e. The number of aryl methyl sites for hydroxylation is 2. The summed E-state index contributed by atoms with van der Waals surface area (Å²) in [4.78, 5) is 23.0. The molecule has 0 saturated heterocycles. The number of alkyl halides is 1. The number of fused-ring (bicyclic) bond motifs is 1. The maximum Gasteiger partial charge on any atom is 0.339 e. The molecule has 1 aliphatic rings. The molecule has 1 N–H and O–H groups in total. The van der Waals surface area contributed by atoms with Crippen LogP contribution in [0, 0.1) is 6.92 Å². The normalized spacial score (nSPS) is 13.9. The molecular weight excluding hydrogens is 333 g/mol. The van der Waals surface area contributed by atoms with Gasteiger partial charge in [0.25, 0.3) is 0 Å². The zero-order valence-electron chi connectivity index (χ0n) is 9.38. The summed E-state index contributed by atoms with van der Waals surface area (Å²) >= 11 is 1.99. The zero-order chi connectivity index (χ0) is 12.4. The molecular formula is C12H12INO3. The SMILES string of the molecule is Cc1cc2c(cc1C(=O)OCI)CCC(=O)N2. The fraction of sp³-hybridized carbons (Fsp3) is 0.333. The van der Waals surface area contributed by atoms with E-state index in [4.69, 9.17) is 4.74 Å². The second-order valence-electron chi connectivity index (χ2n) is 3.91. The predicted molar refractivity (Wildman–Crippen MR) is 72.4 cm³/mol. The summed E-state index contributed by atoms with van der Waals surface area (Å²) in [6.07, 6.45) is 1.14. The van der Waals surface area contributed by atoms with Crippen molar-refractivity contribution in [3.63, 3.8) is 0 Å². The Balaban J connectivity index is 2.37. The van der Waals surface area contributed by atoms with Crippen LogP contribution in [0.4, 0.5) is 5.69 Å². The molecule has 0 atom stereocenters. The Morgan fingerprint density at radius 3 is 2.94 bits per heavy atom.